The molecule has 4 heterocycles. The summed E-state index contributed by atoms with van der Waals surface area (Å²) in [4.78, 5) is 11.4. The topological polar surface area (TPSA) is 76.6 Å². The predicted molar refractivity (Wildman–Crippen MR) is 143 cm³/mol. The Balaban J connectivity index is 1.34. The summed E-state index contributed by atoms with van der Waals surface area (Å²) in [5.74, 6) is -2.85. The zero-order valence-electron chi connectivity index (χ0n) is 20.5. The summed E-state index contributed by atoms with van der Waals surface area (Å²) >= 11 is 1.44. The van der Waals surface area contributed by atoms with Crippen LogP contribution < -0.4 is 9.62 Å². The highest BCUT2D eigenvalue weighted by Gasteiger charge is 2.40. The monoisotopic (exact) mass is 572 g/mol. The van der Waals surface area contributed by atoms with Crippen LogP contribution in [0.2, 0.25) is 0 Å². The van der Waals surface area contributed by atoms with E-state index < -0.39 is 39.1 Å². The second-order valence-corrected chi connectivity index (χ2v) is 11.3. The van der Waals surface area contributed by atoms with Gasteiger partial charge in [-0.2, -0.15) is 0 Å². The van der Waals surface area contributed by atoms with Crippen LogP contribution in [0, 0.1) is 17.5 Å². The highest BCUT2D eigenvalue weighted by molar-refractivity contribution is 7.86. The second kappa shape index (κ2) is 10.7. The summed E-state index contributed by atoms with van der Waals surface area (Å²) in [5, 5.41) is 0.729. The Morgan fingerprint density at radius 1 is 1.00 bits per heavy atom. The summed E-state index contributed by atoms with van der Waals surface area (Å²) in [6, 6.07) is 10.8. The average Bonchev–Trinajstić information content (AvgIpc) is 3.60. The van der Waals surface area contributed by atoms with Crippen LogP contribution in [0.4, 0.5) is 24.0 Å². The van der Waals surface area contributed by atoms with Crippen LogP contribution in [0.25, 0.3) is 21.7 Å². The fraction of sp³-hybridized carbons (Fsp3) is 0.259. The minimum atomic E-state index is -2.24. The van der Waals surface area contributed by atoms with Gasteiger partial charge in [0.05, 0.1) is 34.4 Å². The molecule has 2 aliphatic rings. The van der Waals surface area contributed by atoms with Crippen LogP contribution in [0.3, 0.4) is 0 Å². The van der Waals surface area contributed by atoms with Crippen molar-refractivity contribution in [1.29, 1.82) is 0 Å². The largest absolute Gasteiger partial charge is 0.348 e. The van der Waals surface area contributed by atoms with Gasteiger partial charge < -0.3 is 14.4 Å². The van der Waals surface area contributed by atoms with Crippen LogP contribution in [0.1, 0.15) is 12.8 Å². The third kappa shape index (κ3) is 5.17. The van der Waals surface area contributed by atoms with Gasteiger partial charge in [0.2, 0.25) is 0 Å². The van der Waals surface area contributed by atoms with Gasteiger partial charge >= 0.3 is 0 Å². The summed E-state index contributed by atoms with van der Waals surface area (Å²) in [6.45, 7) is 2.53. The van der Waals surface area contributed by atoms with Gasteiger partial charge in [-0.3, -0.25) is 9.71 Å². The number of aromatic nitrogens is 2. The lowest BCUT2D eigenvalue weighted by atomic mass is 10.0. The fourth-order valence-electron chi connectivity index (χ4n) is 4.72. The summed E-state index contributed by atoms with van der Waals surface area (Å²) in [6.07, 6.45) is 4.71. The van der Waals surface area contributed by atoms with E-state index in [-0.39, 0.29) is 11.3 Å². The van der Waals surface area contributed by atoms with Crippen molar-refractivity contribution >= 4 is 33.1 Å². The van der Waals surface area contributed by atoms with Crippen molar-refractivity contribution in [2.75, 3.05) is 35.9 Å². The number of hydrogen-bond donors (Lipinski definition) is 1. The molecule has 39 heavy (non-hydrogen) atoms. The number of anilines is 2. The smallest absolute Gasteiger partial charge is 0.186 e. The highest BCUT2D eigenvalue weighted by atomic mass is 32.2. The lowest BCUT2D eigenvalue weighted by Gasteiger charge is -2.37. The van der Waals surface area contributed by atoms with Gasteiger partial charge in [0.25, 0.3) is 0 Å². The molecule has 2 aromatic heterocycles. The lowest BCUT2D eigenvalue weighted by molar-refractivity contribution is -0.169. The summed E-state index contributed by atoms with van der Waals surface area (Å²) in [7, 11) is -2.24. The minimum absolute atomic E-state index is 0.125. The van der Waals surface area contributed by atoms with Crippen LogP contribution in [0.15, 0.2) is 65.8 Å². The maximum atomic E-state index is 15.9. The lowest BCUT2D eigenvalue weighted by Crippen LogP contribution is -2.45. The van der Waals surface area contributed by atoms with Gasteiger partial charge in [0.1, 0.15) is 11.6 Å². The molecule has 0 bridgehead atoms. The van der Waals surface area contributed by atoms with E-state index in [1.807, 2.05) is 12.1 Å². The van der Waals surface area contributed by atoms with E-state index >= 15 is 4.39 Å². The molecule has 7 nitrogen and oxygen atoms in total. The second-order valence-electron chi connectivity index (χ2n) is 9.12. The number of thiazole rings is 1. The van der Waals surface area contributed by atoms with Crippen LogP contribution in [-0.4, -0.2) is 46.3 Å². The molecule has 0 amide bonds. The van der Waals surface area contributed by atoms with E-state index in [2.05, 4.69) is 14.6 Å². The van der Waals surface area contributed by atoms with Gasteiger partial charge in [0, 0.05) is 43.9 Å². The maximum absolute atomic E-state index is 15.9. The number of hydrogen-bond acceptors (Lipinski definition) is 7. The van der Waals surface area contributed by atoms with Crippen molar-refractivity contribution in [3.8, 4) is 21.7 Å². The maximum Gasteiger partial charge on any atom is 0.186 e. The van der Waals surface area contributed by atoms with Crippen molar-refractivity contribution in [3.05, 3.63) is 78.4 Å². The van der Waals surface area contributed by atoms with E-state index in [0.717, 1.165) is 33.8 Å². The zero-order valence-corrected chi connectivity index (χ0v) is 22.2. The Morgan fingerprint density at radius 2 is 1.74 bits per heavy atom. The molecular formula is C27H23F3N4O3S2. The number of piperidine rings is 1. The van der Waals surface area contributed by atoms with E-state index in [1.165, 1.54) is 17.4 Å². The van der Waals surface area contributed by atoms with Crippen molar-refractivity contribution in [2.24, 2.45) is 0 Å². The number of nitrogens with one attached hydrogen (secondary N) is 1. The molecule has 1 unspecified atom stereocenters. The SMILES string of the molecule is O=S(Nc1cccc(-c2nc(N3CCC4(CC3)OCCO4)sc2-c2ccncc2)c1F)c1cc(F)ccc1F. The number of benzene rings is 2. The molecule has 1 spiro atoms. The third-order valence-corrected chi connectivity index (χ3v) is 9.00. The number of halogens is 3. The molecule has 202 valence electrons. The van der Waals surface area contributed by atoms with E-state index in [9.17, 15) is 13.0 Å². The van der Waals surface area contributed by atoms with Gasteiger partial charge in [-0.05, 0) is 48.0 Å². The van der Waals surface area contributed by atoms with Gasteiger partial charge in [-0.15, -0.1) is 0 Å². The normalized spacial score (nSPS) is 17.5. The number of nitrogens with zero attached hydrogens (tertiary/aromatic N) is 3. The molecule has 1 atom stereocenters. The standard InChI is InChI=1S/C27H23F3N4O3S2/c28-18-4-5-20(29)22(16-18)39(35)33-21-3-1-2-19(23(21)30)24-25(17-6-10-31-11-7-17)38-26(32-24)34-12-8-27(9-13-34)36-14-15-37-27/h1-7,10-11,16,33H,8-9,12-15H2. The Hall–Kier alpha value is -3.32. The molecule has 2 saturated heterocycles. The highest BCUT2D eigenvalue weighted by Crippen LogP contribution is 2.43. The van der Waals surface area contributed by atoms with Crippen molar-refractivity contribution in [2.45, 2.75) is 23.5 Å². The summed E-state index contributed by atoms with van der Waals surface area (Å²) < 4.78 is 70.6. The zero-order chi connectivity index (χ0) is 27.0. The van der Waals surface area contributed by atoms with Crippen LogP contribution in [-0.2, 0) is 20.5 Å². The molecule has 0 radical (unpaired) electrons. The van der Waals surface area contributed by atoms with Gasteiger partial charge in [-0.25, -0.2) is 22.4 Å². The first-order valence-corrected chi connectivity index (χ1v) is 14.3. The van der Waals surface area contributed by atoms with Crippen molar-refractivity contribution in [3.63, 3.8) is 0 Å². The molecule has 2 aromatic carbocycles. The molecule has 6 rings (SSSR count). The first kappa shape index (κ1) is 25.9. The Kier molecular flexibility index (Phi) is 7.10. The molecular weight excluding hydrogens is 549 g/mol. The molecule has 12 heteroatoms. The van der Waals surface area contributed by atoms with Crippen molar-refractivity contribution < 1.29 is 26.9 Å². The third-order valence-electron chi connectivity index (χ3n) is 6.72. The predicted octanol–water partition coefficient (Wildman–Crippen LogP) is 5.77. The van der Waals surface area contributed by atoms with E-state index in [1.54, 1.807) is 24.5 Å². The molecule has 0 saturated carbocycles. The van der Waals surface area contributed by atoms with E-state index in [0.29, 0.717) is 44.8 Å². The van der Waals surface area contributed by atoms with Crippen molar-refractivity contribution in [1.82, 2.24) is 9.97 Å². The quantitative estimate of drug-likeness (QED) is 0.316. The molecule has 4 aromatic rings. The molecule has 2 aliphatic heterocycles. The first-order chi connectivity index (χ1) is 18.9. The summed E-state index contributed by atoms with van der Waals surface area (Å²) in [5.41, 5.74) is 1.30. The molecule has 1 N–H and O–H groups in total. The fourth-order valence-corrected chi connectivity index (χ4v) is 6.79. The van der Waals surface area contributed by atoms with Crippen LogP contribution in [0.5, 0.6) is 0 Å². The van der Waals surface area contributed by atoms with Gasteiger partial charge in [0.15, 0.2) is 27.7 Å². The Morgan fingerprint density at radius 3 is 2.49 bits per heavy atom. The number of pyridine rings is 1. The Labute approximate surface area is 229 Å². The minimum Gasteiger partial charge on any atom is -0.348 e. The van der Waals surface area contributed by atoms with Gasteiger partial charge in [-0.1, -0.05) is 17.4 Å². The number of rotatable bonds is 6. The molecule has 2 fully saturated rings. The van der Waals surface area contributed by atoms with Crippen LogP contribution >= 0.6 is 11.3 Å². The average molecular weight is 573 g/mol. The Bertz CT molecular complexity index is 1520. The first-order valence-electron chi connectivity index (χ1n) is 12.3. The molecule has 0 aliphatic carbocycles. The number of ether oxygens (including phenoxy) is 2. The van der Waals surface area contributed by atoms with E-state index in [4.69, 9.17) is 14.5 Å².